The van der Waals surface area contributed by atoms with Crippen LogP contribution in [0.1, 0.15) is 29.5 Å². The summed E-state index contributed by atoms with van der Waals surface area (Å²) in [6.07, 6.45) is 0.912. The van der Waals surface area contributed by atoms with E-state index in [1.807, 2.05) is 12.1 Å². The molecular formula is C15H17NO4. The van der Waals surface area contributed by atoms with Gasteiger partial charge in [0.2, 0.25) is 0 Å². The Kier molecular flexibility index (Phi) is 3.23. The van der Waals surface area contributed by atoms with E-state index in [1.165, 1.54) is 0 Å². The van der Waals surface area contributed by atoms with Crippen molar-refractivity contribution < 1.29 is 19.1 Å². The van der Waals surface area contributed by atoms with Gasteiger partial charge in [-0.05, 0) is 19.4 Å². The fourth-order valence-corrected chi connectivity index (χ4v) is 2.56. The quantitative estimate of drug-likeness (QED) is 0.896. The molecule has 0 bridgehead atoms. The number of fused-ring (bicyclic) bond motifs is 1. The van der Waals surface area contributed by atoms with Gasteiger partial charge in [-0.2, -0.15) is 0 Å². The third-order valence-electron chi connectivity index (χ3n) is 3.78. The second-order valence-corrected chi connectivity index (χ2v) is 5.42. The fourth-order valence-electron chi connectivity index (χ4n) is 2.56. The molecule has 0 amide bonds. The zero-order valence-corrected chi connectivity index (χ0v) is 11.3. The molecule has 0 radical (unpaired) electrons. The number of para-hydroxylation sites is 1. The van der Waals surface area contributed by atoms with E-state index in [0.717, 1.165) is 13.0 Å². The van der Waals surface area contributed by atoms with E-state index in [2.05, 4.69) is 12.2 Å². The Morgan fingerprint density at radius 1 is 1.45 bits per heavy atom. The highest BCUT2D eigenvalue weighted by atomic mass is 16.5. The average molecular weight is 275 g/mol. The van der Waals surface area contributed by atoms with E-state index in [9.17, 15) is 9.90 Å². The summed E-state index contributed by atoms with van der Waals surface area (Å²) in [6.45, 7) is 3.82. The van der Waals surface area contributed by atoms with Crippen LogP contribution in [0.25, 0.3) is 11.0 Å². The van der Waals surface area contributed by atoms with E-state index < -0.39 is 5.97 Å². The number of ether oxygens (including phenoxy) is 1. The van der Waals surface area contributed by atoms with Gasteiger partial charge in [0.15, 0.2) is 0 Å². The standard InChI is InChI=1S/C15H17NO4/c1-15(6-7-19-9-15)16-8-12-13(14(17)18)10-4-2-3-5-11(10)20-12/h2-5,16H,6-9H2,1H3,(H,17,18). The van der Waals surface area contributed by atoms with Crippen LogP contribution < -0.4 is 5.32 Å². The maximum Gasteiger partial charge on any atom is 0.339 e. The molecule has 1 aromatic heterocycles. The molecule has 2 N–H and O–H groups in total. The minimum absolute atomic E-state index is 0.116. The number of aromatic carboxylic acids is 1. The summed E-state index contributed by atoms with van der Waals surface area (Å²) in [7, 11) is 0. The smallest absolute Gasteiger partial charge is 0.339 e. The van der Waals surface area contributed by atoms with Crippen LogP contribution in [0.4, 0.5) is 0 Å². The van der Waals surface area contributed by atoms with Gasteiger partial charge in [-0.3, -0.25) is 0 Å². The van der Waals surface area contributed by atoms with Gasteiger partial charge in [0, 0.05) is 17.5 Å². The molecule has 20 heavy (non-hydrogen) atoms. The molecule has 0 spiro atoms. The number of carboxylic acids is 1. The Morgan fingerprint density at radius 3 is 2.95 bits per heavy atom. The van der Waals surface area contributed by atoms with Crippen LogP contribution in [-0.2, 0) is 11.3 Å². The molecule has 1 atom stereocenters. The molecule has 1 aliphatic heterocycles. The van der Waals surface area contributed by atoms with Crippen molar-refractivity contribution in [3.05, 3.63) is 35.6 Å². The molecular weight excluding hydrogens is 258 g/mol. The monoisotopic (exact) mass is 275 g/mol. The molecule has 0 aliphatic carbocycles. The van der Waals surface area contributed by atoms with E-state index in [1.54, 1.807) is 12.1 Å². The van der Waals surface area contributed by atoms with Gasteiger partial charge >= 0.3 is 5.97 Å². The van der Waals surface area contributed by atoms with Gasteiger partial charge in [-0.15, -0.1) is 0 Å². The summed E-state index contributed by atoms with van der Waals surface area (Å²) < 4.78 is 11.1. The first-order chi connectivity index (χ1) is 9.59. The summed E-state index contributed by atoms with van der Waals surface area (Å²) >= 11 is 0. The maximum atomic E-state index is 11.5. The first-order valence-corrected chi connectivity index (χ1v) is 6.65. The number of furan rings is 1. The van der Waals surface area contributed by atoms with E-state index in [0.29, 0.717) is 29.9 Å². The molecule has 0 saturated carbocycles. The van der Waals surface area contributed by atoms with Crippen molar-refractivity contribution in [1.29, 1.82) is 0 Å². The van der Waals surface area contributed by atoms with Crippen LogP contribution >= 0.6 is 0 Å². The lowest BCUT2D eigenvalue weighted by molar-refractivity contribution is 0.0695. The van der Waals surface area contributed by atoms with Crippen LogP contribution in [0.15, 0.2) is 28.7 Å². The maximum absolute atomic E-state index is 11.5. The Balaban J connectivity index is 1.90. The number of nitrogens with one attached hydrogen (secondary N) is 1. The predicted octanol–water partition coefficient (Wildman–Crippen LogP) is 2.40. The normalized spacial score (nSPS) is 22.4. The van der Waals surface area contributed by atoms with Gasteiger partial charge in [-0.1, -0.05) is 18.2 Å². The Labute approximate surface area is 116 Å². The minimum atomic E-state index is -0.959. The molecule has 5 nitrogen and oxygen atoms in total. The lowest BCUT2D eigenvalue weighted by atomic mass is 10.0. The lowest BCUT2D eigenvalue weighted by Crippen LogP contribution is -2.42. The van der Waals surface area contributed by atoms with E-state index >= 15 is 0 Å². The molecule has 1 saturated heterocycles. The van der Waals surface area contributed by atoms with Crippen molar-refractivity contribution in [1.82, 2.24) is 5.32 Å². The number of carbonyl (C=O) groups is 1. The molecule has 1 unspecified atom stereocenters. The Bertz CT molecular complexity index is 640. The van der Waals surface area contributed by atoms with Crippen LogP contribution in [0.2, 0.25) is 0 Å². The lowest BCUT2D eigenvalue weighted by Gasteiger charge is -2.22. The molecule has 1 fully saturated rings. The molecule has 3 rings (SSSR count). The van der Waals surface area contributed by atoms with E-state index in [4.69, 9.17) is 9.15 Å². The number of carboxylic acid groups (broad SMARTS) is 1. The van der Waals surface area contributed by atoms with Crippen molar-refractivity contribution in [2.24, 2.45) is 0 Å². The highest BCUT2D eigenvalue weighted by Crippen LogP contribution is 2.27. The molecule has 106 valence electrons. The number of hydrogen-bond donors (Lipinski definition) is 2. The summed E-state index contributed by atoms with van der Waals surface area (Å²) in [6, 6.07) is 7.20. The highest BCUT2D eigenvalue weighted by molar-refractivity contribution is 6.03. The van der Waals surface area contributed by atoms with Crippen molar-refractivity contribution >= 4 is 16.9 Å². The molecule has 2 aromatic rings. The molecule has 2 heterocycles. The van der Waals surface area contributed by atoms with Gasteiger partial charge in [0.05, 0.1) is 13.2 Å². The van der Waals surface area contributed by atoms with Gasteiger partial charge in [0.1, 0.15) is 16.9 Å². The zero-order chi connectivity index (χ0) is 14.2. The molecule has 1 aromatic carbocycles. The predicted molar refractivity (Wildman–Crippen MR) is 73.9 cm³/mol. The third kappa shape index (κ3) is 2.30. The van der Waals surface area contributed by atoms with Gasteiger partial charge in [0.25, 0.3) is 0 Å². The van der Waals surface area contributed by atoms with Crippen LogP contribution in [0.3, 0.4) is 0 Å². The summed E-state index contributed by atoms with van der Waals surface area (Å²) in [5.41, 5.74) is 0.736. The Morgan fingerprint density at radius 2 is 2.25 bits per heavy atom. The SMILES string of the molecule is CC1(NCc2oc3ccccc3c2C(=O)O)CCOC1. The van der Waals surface area contributed by atoms with Crippen molar-refractivity contribution in [3.8, 4) is 0 Å². The Hall–Kier alpha value is -1.85. The van der Waals surface area contributed by atoms with Crippen molar-refractivity contribution in [3.63, 3.8) is 0 Å². The zero-order valence-electron chi connectivity index (χ0n) is 11.3. The second-order valence-electron chi connectivity index (χ2n) is 5.42. The highest BCUT2D eigenvalue weighted by Gasteiger charge is 2.30. The van der Waals surface area contributed by atoms with Crippen LogP contribution in [0, 0.1) is 0 Å². The van der Waals surface area contributed by atoms with Crippen molar-refractivity contribution in [2.45, 2.75) is 25.4 Å². The first-order valence-electron chi connectivity index (χ1n) is 6.65. The number of hydrogen-bond acceptors (Lipinski definition) is 4. The summed E-state index contributed by atoms with van der Waals surface area (Å²) in [5.74, 6) is -0.494. The molecule has 5 heteroatoms. The number of benzene rings is 1. The average Bonchev–Trinajstić information content (AvgIpc) is 3.00. The topological polar surface area (TPSA) is 71.7 Å². The summed E-state index contributed by atoms with van der Waals surface area (Å²) in [5, 5.41) is 13.4. The third-order valence-corrected chi connectivity index (χ3v) is 3.78. The second kappa shape index (κ2) is 4.92. The van der Waals surface area contributed by atoms with Crippen LogP contribution in [-0.4, -0.2) is 29.8 Å². The first kappa shape index (κ1) is 13.1. The largest absolute Gasteiger partial charge is 0.478 e. The summed E-state index contributed by atoms with van der Waals surface area (Å²) in [4.78, 5) is 11.5. The van der Waals surface area contributed by atoms with Crippen LogP contribution in [0.5, 0.6) is 0 Å². The fraction of sp³-hybridized carbons (Fsp3) is 0.400. The molecule has 1 aliphatic rings. The van der Waals surface area contributed by atoms with E-state index in [-0.39, 0.29) is 11.1 Å². The van der Waals surface area contributed by atoms with Gasteiger partial charge < -0.3 is 19.6 Å². The van der Waals surface area contributed by atoms with Gasteiger partial charge in [-0.25, -0.2) is 4.79 Å². The van der Waals surface area contributed by atoms with Crippen molar-refractivity contribution in [2.75, 3.05) is 13.2 Å². The number of rotatable bonds is 4. The minimum Gasteiger partial charge on any atom is -0.478 e.